The standard InChI is InChI=1S/C15H18ClNO/c1-3-12-8-9-13(18-12)10-17-11(2)14-6-4-5-7-15(14)16/h4-9,11,17H,3,10H2,1-2H3/t11-/m0/s1. The minimum absolute atomic E-state index is 0.203. The molecule has 0 aliphatic rings. The molecule has 1 aromatic heterocycles. The van der Waals surface area contributed by atoms with Gasteiger partial charge >= 0.3 is 0 Å². The summed E-state index contributed by atoms with van der Waals surface area (Å²) < 4.78 is 5.65. The van der Waals surface area contributed by atoms with Crippen LogP contribution in [0, 0.1) is 0 Å². The first-order valence-corrected chi connectivity index (χ1v) is 6.64. The first-order chi connectivity index (χ1) is 8.70. The van der Waals surface area contributed by atoms with Crippen LogP contribution in [-0.2, 0) is 13.0 Å². The summed E-state index contributed by atoms with van der Waals surface area (Å²) in [7, 11) is 0. The largest absolute Gasteiger partial charge is 0.465 e. The van der Waals surface area contributed by atoms with E-state index in [0.717, 1.165) is 28.5 Å². The van der Waals surface area contributed by atoms with E-state index < -0.39 is 0 Å². The maximum Gasteiger partial charge on any atom is 0.117 e. The van der Waals surface area contributed by atoms with Crippen molar-refractivity contribution in [2.45, 2.75) is 32.9 Å². The Hall–Kier alpha value is -1.25. The molecule has 0 radical (unpaired) electrons. The lowest BCUT2D eigenvalue weighted by Crippen LogP contribution is -2.18. The summed E-state index contributed by atoms with van der Waals surface area (Å²) in [5.74, 6) is 1.99. The summed E-state index contributed by atoms with van der Waals surface area (Å²) in [6, 6.07) is 12.1. The van der Waals surface area contributed by atoms with Crippen LogP contribution in [-0.4, -0.2) is 0 Å². The van der Waals surface area contributed by atoms with Gasteiger partial charge in [0.1, 0.15) is 11.5 Å². The summed E-state index contributed by atoms with van der Waals surface area (Å²) in [5, 5.41) is 4.21. The molecule has 0 saturated heterocycles. The number of rotatable bonds is 5. The average molecular weight is 264 g/mol. The number of hydrogen-bond acceptors (Lipinski definition) is 2. The highest BCUT2D eigenvalue weighted by molar-refractivity contribution is 6.31. The van der Waals surface area contributed by atoms with Crippen molar-refractivity contribution in [2.24, 2.45) is 0 Å². The van der Waals surface area contributed by atoms with Gasteiger partial charge in [0.05, 0.1) is 6.54 Å². The monoisotopic (exact) mass is 263 g/mol. The molecule has 0 fully saturated rings. The van der Waals surface area contributed by atoms with Crippen LogP contribution in [0.1, 0.15) is 37.0 Å². The molecule has 1 aromatic carbocycles. The third-order valence-electron chi connectivity index (χ3n) is 3.02. The molecule has 1 N–H and O–H groups in total. The summed E-state index contributed by atoms with van der Waals surface area (Å²) in [4.78, 5) is 0. The Balaban J connectivity index is 1.96. The third kappa shape index (κ3) is 3.15. The van der Waals surface area contributed by atoms with Crippen molar-refractivity contribution in [1.82, 2.24) is 5.32 Å². The van der Waals surface area contributed by atoms with Crippen LogP contribution >= 0.6 is 11.6 Å². The second-order valence-corrected chi connectivity index (χ2v) is 4.75. The van der Waals surface area contributed by atoms with E-state index in [9.17, 15) is 0 Å². The van der Waals surface area contributed by atoms with Gasteiger partial charge in [-0.25, -0.2) is 0 Å². The zero-order valence-electron chi connectivity index (χ0n) is 10.7. The van der Waals surface area contributed by atoms with Crippen molar-refractivity contribution in [2.75, 3.05) is 0 Å². The third-order valence-corrected chi connectivity index (χ3v) is 3.36. The predicted molar refractivity (Wildman–Crippen MR) is 74.8 cm³/mol. The molecule has 2 rings (SSSR count). The quantitative estimate of drug-likeness (QED) is 0.868. The zero-order valence-corrected chi connectivity index (χ0v) is 11.5. The van der Waals surface area contributed by atoms with Gasteiger partial charge in [0.2, 0.25) is 0 Å². The molecule has 0 aliphatic carbocycles. The second-order valence-electron chi connectivity index (χ2n) is 4.35. The predicted octanol–water partition coefficient (Wildman–Crippen LogP) is 4.35. The molecule has 2 nitrogen and oxygen atoms in total. The number of nitrogens with one attached hydrogen (secondary N) is 1. The van der Waals surface area contributed by atoms with Crippen molar-refractivity contribution in [3.63, 3.8) is 0 Å². The Morgan fingerprint density at radius 2 is 1.89 bits per heavy atom. The molecule has 0 amide bonds. The van der Waals surface area contributed by atoms with Crippen LogP contribution in [0.5, 0.6) is 0 Å². The van der Waals surface area contributed by atoms with Crippen molar-refractivity contribution in [3.8, 4) is 0 Å². The lowest BCUT2D eigenvalue weighted by atomic mass is 10.1. The minimum atomic E-state index is 0.203. The Kier molecular flexibility index (Phi) is 4.45. The van der Waals surface area contributed by atoms with Crippen molar-refractivity contribution in [1.29, 1.82) is 0 Å². The highest BCUT2D eigenvalue weighted by atomic mass is 35.5. The Morgan fingerprint density at radius 3 is 2.56 bits per heavy atom. The van der Waals surface area contributed by atoms with E-state index in [1.807, 2.05) is 36.4 Å². The zero-order chi connectivity index (χ0) is 13.0. The van der Waals surface area contributed by atoms with Crippen LogP contribution in [0.25, 0.3) is 0 Å². The van der Waals surface area contributed by atoms with Crippen LogP contribution in [0.15, 0.2) is 40.8 Å². The highest BCUT2D eigenvalue weighted by Gasteiger charge is 2.09. The number of hydrogen-bond donors (Lipinski definition) is 1. The molecule has 1 heterocycles. The molecule has 2 aromatic rings. The fraction of sp³-hybridized carbons (Fsp3) is 0.333. The molecule has 18 heavy (non-hydrogen) atoms. The molecule has 3 heteroatoms. The average Bonchev–Trinajstić information content (AvgIpc) is 2.84. The normalized spacial score (nSPS) is 12.6. The van der Waals surface area contributed by atoms with Crippen molar-refractivity contribution >= 4 is 11.6 Å². The van der Waals surface area contributed by atoms with E-state index in [1.54, 1.807) is 0 Å². The fourth-order valence-electron chi connectivity index (χ4n) is 1.90. The molecule has 0 spiro atoms. The molecule has 1 atom stereocenters. The first-order valence-electron chi connectivity index (χ1n) is 6.26. The van der Waals surface area contributed by atoms with Crippen molar-refractivity contribution < 1.29 is 4.42 Å². The van der Waals surface area contributed by atoms with Gasteiger partial charge in [0, 0.05) is 17.5 Å². The molecular weight excluding hydrogens is 246 g/mol. The lowest BCUT2D eigenvalue weighted by Gasteiger charge is -2.14. The van der Waals surface area contributed by atoms with Gasteiger partial charge in [-0.15, -0.1) is 0 Å². The number of furan rings is 1. The summed E-state index contributed by atoms with van der Waals surface area (Å²) in [6.45, 7) is 4.90. The van der Waals surface area contributed by atoms with Crippen LogP contribution in [0.2, 0.25) is 5.02 Å². The van der Waals surface area contributed by atoms with Gasteiger partial charge in [0.15, 0.2) is 0 Å². The molecule has 0 aliphatic heterocycles. The van der Waals surface area contributed by atoms with Gasteiger partial charge in [-0.1, -0.05) is 36.7 Å². The maximum absolute atomic E-state index is 6.16. The van der Waals surface area contributed by atoms with Gasteiger partial charge in [-0.05, 0) is 30.7 Å². The minimum Gasteiger partial charge on any atom is -0.465 e. The highest BCUT2D eigenvalue weighted by Crippen LogP contribution is 2.22. The van der Waals surface area contributed by atoms with E-state index in [4.69, 9.17) is 16.0 Å². The van der Waals surface area contributed by atoms with E-state index in [2.05, 4.69) is 19.2 Å². The van der Waals surface area contributed by atoms with Crippen LogP contribution < -0.4 is 5.32 Å². The molecule has 0 unspecified atom stereocenters. The Labute approximate surface area is 113 Å². The van der Waals surface area contributed by atoms with Gasteiger partial charge in [-0.3, -0.25) is 0 Å². The number of aryl methyl sites for hydroxylation is 1. The SMILES string of the molecule is CCc1ccc(CN[C@@H](C)c2ccccc2Cl)o1. The first kappa shape index (κ1) is 13.2. The van der Waals surface area contributed by atoms with Gasteiger partial charge in [-0.2, -0.15) is 0 Å². The summed E-state index contributed by atoms with van der Waals surface area (Å²) in [5.41, 5.74) is 1.11. The van der Waals surface area contributed by atoms with Crippen LogP contribution in [0.3, 0.4) is 0 Å². The lowest BCUT2D eigenvalue weighted by molar-refractivity contribution is 0.435. The Bertz CT molecular complexity index is 507. The van der Waals surface area contributed by atoms with Gasteiger partial charge < -0.3 is 9.73 Å². The van der Waals surface area contributed by atoms with E-state index >= 15 is 0 Å². The van der Waals surface area contributed by atoms with Gasteiger partial charge in [0.25, 0.3) is 0 Å². The smallest absolute Gasteiger partial charge is 0.117 e. The Morgan fingerprint density at radius 1 is 1.17 bits per heavy atom. The number of benzene rings is 1. The molecule has 0 bridgehead atoms. The second kappa shape index (κ2) is 6.07. The summed E-state index contributed by atoms with van der Waals surface area (Å²) >= 11 is 6.16. The molecular formula is C15H18ClNO. The van der Waals surface area contributed by atoms with E-state index in [-0.39, 0.29) is 6.04 Å². The summed E-state index contributed by atoms with van der Waals surface area (Å²) in [6.07, 6.45) is 0.931. The van der Waals surface area contributed by atoms with E-state index in [1.165, 1.54) is 0 Å². The maximum atomic E-state index is 6.16. The van der Waals surface area contributed by atoms with Crippen LogP contribution in [0.4, 0.5) is 0 Å². The molecule has 96 valence electrons. The topological polar surface area (TPSA) is 25.2 Å². The molecule has 0 saturated carbocycles. The van der Waals surface area contributed by atoms with Crippen molar-refractivity contribution in [3.05, 3.63) is 58.5 Å². The van der Waals surface area contributed by atoms with E-state index in [0.29, 0.717) is 6.54 Å². The number of halogens is 1. The fourth-order valence-corrected chi connectivity index (χ4v) is 2.20.